The van der Waals surface area contributed by atoms with Crippen LogP contribution in [-0.2, 0) is 11.2 Å². The van der Waals surface area contributed by atoms with E-state index in [1.807, 2.05) is 0 Å². The maximum absolute atomic E-state index is 5.34. The average molecular weight is 328 g/mol. The minimum absolute atomic E-state index is 0.338. The summed E-state index contributed by atoms with van der Waals surface area (Å²) in [6.07, 6.45) is 4.83. The molecule has 0 bridgehead atoms. The standard InChI is InChI=1S/C16H26BrNO/c1-4-11-18-15(10-9-13(2)19-3)12-14-7-5-6-8-16(14)17/h5-8,13,15,18H,4,9-12H2,1-3H3. The van der Waals surface area contributed by atoms with Gasteiger partial charge in [-0.05, 0) is 50.8 Å². The van der Waals surface area contributed by atoms with E-state index < -0.39 is 0 Å². The van der Waals surface area contributed by atoms with Crippen LogP contribution in [0, 0.1) is 0 Å². The highest BCUT2D eigenvalue weighted by molar-refractivity contribution is 9.10. The van der Waals surface area contributed by atoms with Crippen LogP contribution < -0.4 is 5.32 Å². The van der Waals surface area contributed by atoms with Gasteiger partial charge in [0.15, 0.2) is 0 Å². The molecule has 0 aromatic heterocycles. The Bertz CT molecular complexity index is 356. The number of hydrogen-bond donors (Lipinski definition) is 1. The number of ether oxygens (including phenoxy) is 1. The molecule has 1 aromatic rings. The van der Waals surface area contributed by atoms with Crippen LogP contribution in [0.1, 0.15) is 38.7 Å². The molecule has 1 N–H and O–H groups in total. The Balaban J connectivity index is 2.55. The van der Waals surface area contributed by atoms with Gasteiger partial charge < -0.3 is 10.1 Å². The summed E-state index contributed by atoms with van der Waals surface area (Å²) in [6.45, 7) is 5.42. The molecule has 0 heterocycles. The van der Waals surface area contributed by atoms with Crippen LogP contribution in [0.15, 0.2) is 28.7 Å². The third kappa shape index (κ3) is 6.55. The molecule has 0 amide bonds. The average Bonchev–Trinajstić information content (AvgIpc) is 2.43. The molecule has 1 aromatic carbocycles. The molecule has 2 nitrogen and oxygen atoms in total. The summed E-state index contributed by atoms with van der Waals surface area (Å²) in [7, 11) is 1.78. The summed E-state index contributed by atoms with van der Waals surface area (Å²) in [5, 5.41) is 3.65. The Hall–Kier alpha value is -0.380. The van der Waals surface area contributed by atoms with Crippen molar-refractivity contribution in [3.8, 4) is 0 Å². The molecular formula is C16H26BrNO. The van der Waals surface area contributed by atoms with E-state index in [-0.39, 0.29) is 0 Å². The Morgan fingerprint density at radius 3 is 2.63 bits per heavy atom. The molecule has 0 saturated carbocycles. The van der Waals surface area contributed by atoms with Crippen molar-refractivity contribution in [2.45, 2.75) is 51.7 Å². The summed E-state index contributed by atoms with van der Waals surface area (Å²) in [5.74, 6) is 0. The molecule has 0 saturated heterocycles. The zero-order valence-corrected chi connectivity index (χ0v) is 13.9. The quantitative estimate of drug-likeness (QED) is 0.734. The molecule has 0 aliphatic rings. The van der Waals surface area contributed by atoms with Crippen LogP contribution >= 0.6 is 15.9 Å². The summed E-state index contributed by atoms with van der Waals surface area (Å²) < 4.78 is 6.55. The summed E-state index contributed by atoms with van der Waals surface area (Å²) in [4.78, 5) is 0. The first-order valence-electron chi connectivity index (χ1n) is 7.17. The van der Waals surface area contributed by atoms with Crippen molar-refractivity contribution in [2.75, 3.05) is 13.7 Å². The van der Waals surface area contributed by atoms with Crippen molar-refractivity contribution in [1.29, 1.82) is 0 Å². The van der Waals surface area contributed by atoms with Crippen molar-refractivity contribution >= 4 is 15.9 Å². The molecule has 108 valence electrons. The van der Waals surface area contributed by atoms with Crippen LogP contribution in [0.2, 0.25) is 0 Å². The van der Waals surface area contributed by atoms with E-state index in [0.717, 1.165) is 25.8 Å². The summed E-state index contributed by atoms with van der Waals surface area (Å²) >= 11 is 3.63. The van der Waals surface area contributed by atoms with E-state index >= 15 is 0 Å². The Kier molecular flexibility index (Phi) is 8.35. The molecular weight excluding hydrogens is 302 g/mol. The molecule has 3 heteroatoms. The lowest BCUT2D eigenvalue weighted by Crippen LogP contribution is -2.32. The van der Waals surface area contributed by atoms with Gasteiger partial charge in [-0.2, -0.15) is 0 Å². The fraction of sp³-hybridized carbons (Fsp3) is 0.625. The molecule has 2 unspecified atom stereocenters. The third-order valence-electron chi connectivity index (χ3n) is 3.43. The van der Waals surface area contributed by atoms with Gasteiger partial charge in [0.1, 0.15) is 0 Å². The van der Waals surface area contributed by atoms with E-state index in [9.17, 15) is 0 Å². The predicted molar refractivity (Wildman–Crippen MR) is 85.6 cm³/mol. The molecule has 0 aliphatic heterocycles. The van der Waals surface area contributed by atoms with Crippen LogP contribution in [0.4, 0.5) is 0 Å². The van der Waals surface area contributed by atoms with E-state index in [4.69, 9.17) is 4.74 Å². The fourth-order valence-electron chi connectivity index (χ4n) is 2.11. The number of benzene rings is 1. The maximum atomic E-state index is 5.34. The molecule has 0 radical (unpaired) electrons. The lowest BCUT2D eigenvalue weighted by Gasteiger charge is -2.21. The van der Waals surface area contributed by atoms with Gasteiger partial charge in [0.05, 0.1) is 6.10 Å². The number of nitrogens with one attached hydrogen (secondary N) is 1. The van der Waals surface area contributed by atoms with Crippen molar-refractivity contribution in [3.05, 3.63) is 34.3 Å². The third-order valence-corrected chi connectivity index (χ3v) is 4.20. The monoisotopic (exact) mass is 327 g/mol. The second kappa shape index (κ2) is 9.51. The number of rotatable bonds is 9. The largest absolute Gasteiger partial charge is 0.382 e. The first-order valence-corrected chi connectivity index (χ1v) is 7.96. The smallest absolute Gasteiger partial charge is 0.0543 e. The van der Waals surface area contributed by atoms with Gasteiger partial charge in [-0.25, -0.2) is 0 Å². The molecule has 0 fully saturated rings. The van der Waals surface area contributed by atoms with Gasteiger partial charge in [0, 0.05) is 17.6 Å². The van der Waals surface area contributed by atoms with Crippen molar-refractivity contribution in [2.24, 2.45) is 0 Å². The second-order valence-corrected chi connectivity index (χ2v) is 5.92. The maximum Gasteiger partial charge on any atom is 0.0543 e. The molecule has 1 rings (SSSR count). The number of methoxy groups -OCH3 is 1. The van der Waals surface area contributed by atoms with Gasteiger partial charge >= 0.3 is 0 Å². The zero-order chi connectivity index (χ0) is 14.1. The highest BCUT2D eigenvalue weighted by Gasteiger charge is 2.12. The minimum Gasteiger partial charge on any atom is -0.382 e. The Morgan fingerprint density at radius 2 is 2.00 bits per heavy atom. The first kappa shape index (κ1) is 16.7. The van der Waals surface area contributed by atoms with E-state index in [0.29, 0.717) is 12.1 Å². The topological polar surface area (TPSA) is 21.3 Å². The zero-order valence-electron chi connectivity index (χ0n) is 12.3. The van der Waals surface area contributed by atoms with Crippen LogP contribution in [0.5, 0.6) is 0 Å². The Labute approximate surface area is 126 Å². The van der Waals surface area contributed by atoms with Gasteiger partial charge in [0.25, 0.3) is 0 Å². The fourth-order valence-corrected chi connectivity index (χ4v) is 2.55. The number of hydrogen-bond acceptors (Lipinski definition) is 2. The van der Waals surface area contributed by atoms with Gasteiger partial charge in [-0.15, -0.1) is 0 Å². The minimum atomic E-state index is 0.338. The van der Waals surface area contributed by atoms with Gasteiger partial charge in [0.2, 0.25) is 0 Å². The Morgan fingerprint density at radius 1 is 1.26 bits per heavy atom. The lowest BCUT2D eigenvalue weighted by molar-refractivity contribution is 0.106. The summed E-state index contributed by atoms with van der Waals surface area (Å²) in [5.41, 5.74) is 1.38. The van der Waals surface area contributed by atoms with E-state index in [1.165, 1.54) is 16.5 Å². The predicted octanol–water partition coefficient (Wildman–Crippen LogP) is 4.17. The van der Waals surface area contributed by atoms with Gasteiger partial charge in [-0.1, -0.05) is 41.1 Å². The second-order valence-electron chi connectivity index (χ2n) is 5.07. The van der Waals surface area contributed by atoms with Crippen molar-refractivity contribution in [3.63, 3.8) is 0 Å². The first-order chi connectivity index (χ1) is 9.17. The van der Waals surface area contributed by atoms with E-state index in [2.05, 4.69) is 59.4 Å². The molecule has 0 aliphatic carbocycles. The molecule has 2 atom stereocenters. The highest BCUT2D eigenvalue weighted by Crippen LogP contribution is 2.19. The normalized spacial score (nSPS) is 14.3. The highest BCUT2D eigenvalue weighted by atomic mass is 79.9. The van der Waals surface area contributed by atoms with Crippen LogP contribution in [-0.4, -0.2) is 25.8 Å². The van der Waals surface area contributed by atoms with Crippen molar-refractivity contribution < 1.29 is 4.74 Å². The lowest BCUT2D eigenvalue weighted by atomic mass is 10.00. The number of halogens is 1. The SMILES string of the molecule is CCCNC(CCC(C)OC)Cc1ccccc1Br. The van der Waals surface area contributed by atoms with Gasteiger partial charge in [-0.3, -0.25) is 0 Å². The van der Waals surface area contributed by atoms with Crippen LogP contribution in [0.25, 0.3) is 0 Å². The van der Waals surface area contributed by atoms with Crippen molar-refractivity contribution in [1.82, 2.24) is 5.32 Å². The molecule has 19 heavy (non-hydrogen) atoms. The summed E-state index contributed by atoms with van der Waals surface area (Å²) in [6, 6.07) is 9.01. The van der Waals surface area contributed by atoms with E-state index in [1.54, 1.807) is 7.11 Å². The molecule has 0 spiro atoms. The van der Waals surface area contributed by atoms with Crippen LogP contribution in [0.3, 0.4) is 0 Å².